The second-order valence-electron chi connectivity index (χ2n) is 12.6. The van der Waals surface area contributed by atoms with E-state index < -0.39 is 14.7 Å². The van der Waals surface area contributed by atoms with Crippen LogP contribution in [0, 0.1) is 0 Å². The van der Waals surface area contributed by atoms with Gasteiger partial charge < -0.3 is 0 Å². The van der Waals surface area contributed by atoms with E-state index in [4.69, 9.17) is 0 Å². The zero-order valence-corrected chi connectivity index (χ0v) is 27.5. The second-order valence-corrected chi connectivity index (χ2v) is 16.8. The molecule has 0 nitrogen and oxygen atoms in total. The fraction of sp³-hybridized carbons (Fsp3) is 0.500. The van der Waals surface area contributed by atoms with Crippen molar-refractivity contribution in [3.63, 3.8) is 0 Å². The zero-order valence-electron chi connectivity index (χ0n) is 25.6. The molecule has 3 aromatic rings. The Kier molecular flexibility index (Phi) is 9.96. The Bertz CT molecular complexity index is 964. The van der Waals surface area contributed by atoms with E-state index in [2.05, 4.69) is 138 Å². The van der Waals surface area contributed by atoms with E-state index in [-0.39, 0.29) is 0 Å². The average Bonchev–Trinajstić information content (AvgIpc) is 2.83. The van der Waals surface area contributed by atoms with Gasteiger partial charge in [0.1, 0.15) is 0 Å². The quantitative estimate of drug-likeness (QED) is 0.230. The molecule has 0 bridgehead atoms. The fourth-order valence-electron chi connectivity index (χ4n) is 5.65. The molecule has 0 radical (unpaired) electrons. The summed E-state index contributed by atoms with van der Waals surface area (Å²) >= 11 is -1.99. The Morgan fingerprint density at radius 1 is 0.324 bits per heavy atom. The molecule has 0 unspecified atom stereocenters. The molecular weight excluding hydrogens is 507 g/mol. The second kappa shape index (κ2) is 12.4. The Morgan fingerprint density at radius 2 is 0.486 bits per heavy atom. The molecule has 37 heavy (non-hydrogen) atoms. The molecule has 0 saturated heterocycles. The maximum absolute atomic E-state index is 2.44. The molecule has 0 N–H and O–H groups in total. The standard InChI is InChI=1S/C36H51As/c1-22(2)28-16-13-17-29(23(3)4)34(28)37(35-30(24(5)6)18-14-19-31(35)25(7)8)36-32(26(9)10)20-15-21-33(36)27(11)12/h13-27H,1-12H3. The first kappa shape index (κ1) is 29.8. The van der Waals surface area contributed by atoms with Gasteiger partial charge in [0.05, 0.1) is 0 Å². The van der Waals surface area contributed by atoms with Crippen molar-refractivity contribution in [2.75, 3.05) is 0 Å². The Labute approximate surface area is 233 Å². The molecule has 0 aliphatic carbocycles. The van der Waals surface area contributed by atoms with E-state index in [1.54, 1.807) is 46.4 Å². The first-order valence-electron chi connectivity index (χ1n) is 14.6. The molecule has 3 aromatic carbocycles. The van der Waals surface area contributed by atoms with Crippen LogP contribution >= 0.6 is 0 Å². The van der Waals surface area contributed by atoms with Crippen LogP contribution in [0.3, 0.4) is 0 Å². The van der Waals surface area contributed by atoms with Gasteiger partial charge in [-0.1, -0.05) is 0 Å². The van der Waals surface area contributed by atoms with Gasteiger partial charge in [0.25, 0.3) is 0 Å². The Balaban J connectivity index is 2.69. The molecule has 0 spiro atoms. The SMILES string of the molecule is CC(C)c1cccc(C(C)C)c1[As](c1c(C(C)C)cccc1C(C)C)c1c(C(C)C)cccc1C(C)C. The van der Waals surface area contributed by atoms with Crippen molar-refractivity contribution in [3.05, 3.63) is 88.0 Å². The normalized spacial score (nSPS) is 12.4. The van der Waals surface area contributed by atoms with Crippen molar-refractivity contribution in [2.24, 2.45) is 0 Å². The molecule has 0 aliphatic heterocycles. The summed E-state index contributed by atoms with van der Waals surface area (Å²) in [5.74, 6) is 2.96. The summed E-state index contributed by atoms with van der Waals surface area (Å²) in [4.78, 5) is 0. The molecule has 0 fully saturated rings. The average molecular weight is 559 g/mol. The summed E-state index contributed by atoms with van der Waals surface area (Å²) in [6.45, 7) is 28.7. The summed E-state index contributed by atoms with van der Waals surface area (Å²) in [5, 5.41) is 0. The molecular formula is C36H51As. The number of hydrogen-bond donors (Lipinski definition) is 0. The summed E-state index contributed by atoms with van der Waals surface area (Å²) in [6.07, 6.45) is 0. The van der Waals surface area contributed by atoms with Gasteiger partial charge in [-0.15, -0.1) is 0 Å². The van der Waals surface area contributed by atoms with E-state index >= 15 is 0 Å². The monoisotopic (exact) mass is 558 g/mol. The predicted molar refractivity (Wildman–Crippen MR) is 169 cm³/mol. The number of hydrogen-bond acceptors (Lipinski definition) is 0. The molecule has 0 atom stereocenters. The van der Waals surface area contributed by atoms with Gasteiger partial charge in [-0.3, -0.25) is 0 Å². The molecule has 0 amide bonds. The van der Waals surface area contributed by atoms with Crippen LogP contribution in [0.25, 0.3) is 0 Å². The predicted octanol–water partition coefficient (Wildman–Crippen LogP) is 8.94. The van der Waals surface area contributed by atoms with Crippen LogP contribution in [-0.2, 0) is 0 Å². The van der Waals surface area contributed by atoms with Gasteiger partial charge in [0.15, 0.2) is 0 Å². The molecule has 0 saturated carbocycles. The third-order valence-electron chi connectivity index (χ3n) is 7.70. The van der Waals surface area contributed by atoms with E-state index in [1.807, 2.05) is 0 Å². The van der Waals surface area contributed by atoms with E-state index in [1.165, 1.54) is 0 Å². The van der Waals surface area contributed by atoms with E-state index in [0.29, 0.717) is 35.5 Å². The van der Waals surface area contributed by atoms with Crippen molar-refractivity contribution < 1.29 is 0 Å². The Hall–Kier alpha value is -1.78. The summed E-state index contributed by atoms with van der Waals surface area (Å²) in [7, 11) is 0. The minimum atomic E-state index is -1.99. The van der Waals surface area contributed by atoms with Crippen molar-refractivity contribution >= 4 is 27.7 Å². The van der Waals surface area contributed by atoms with Crippen LogP contribution in [0.4, 0.5) is 0 Å². The van der Waals surface area contributed by atoms with Crippen LogP contribution in [0.5, 0.6) is 0 Å². The summed E-state index contributed by atoms with van der Waals surface area (Å²) < 4.78 is 5.10. The van der Waals surface area contributed by atoms with Gasteiger partial charge in [0.2, 0.25) is 0 Å². The van der Waals surface area contributed by atoms with E-state index in [0.717, 1.165) is 0 Å². The van der Waals surface area contributed by atoms with E-state index in [9.17, 15) is 0 Å². The molecule has 3 rings (SSSR count). The topological polar surface area (TPSA) is 0 Å². The molecule has 200 valence electrons. The van der Waals surface area contributed by atoms with Gasteiger partial charge in [-0.2, -0.15) is 0 Å². The summed E-state index contributed by atoms with van der Waals surface area (Å²) in [5.41, 5.74) is 9.38. The van der Waals surface area contributed by atoms with Crippen molar-refractivity contribution in [2.45, 2.75) is 119 Å². The zero-order chi connectivity index (χ0) is 27.6. The molecule has 0 heterocycles. The van der Waals surface area contributed by atoms with Gasteiger partial charge in [0, 0.05) is 0 Å². The van der Waals surface area contributed by atoms with Gasteiger partial charge in [-0.25, -0.2) is 0 Å². The molecule has 1 heteroatoms. The van der Waals surface area contributed by atoms with Crippen molar-refractivity contribution in [1.29, 1.82) is 0 Å². The van der Waals surface area contributed by atoms with Crippen molar-refractivity contribution in [3.8, 4) is 0 Å². The molecule has 0 aliphatic rings. The Morgan fingerprint density at radius 3 is 0.622 bits per heavy atom. The third-order valence-corrected chi connectivity index (χ3v) is 13.8. The minimum absolute atomic E-state index is 0.494. The fourth-order valence-corrected chi connectivity index (χ4v) is 14.5. The van der Waals surface area contributed by atoms with Crippen molar-refractivity contribution in [1.82, 2.24) is 0 Å². The van der Waals surface area contributed by atoms with Crippen LogP contribution in [0.2, 0.25) is 0 Å². The number of rotatable bonds is 9. The summed E-state index contributed by atoms with van der Waals surface area (Å²) in [6, 6.07) is 21.6. The third kappa shape index (κ3) is 6.11. The first-order valence-corrected chi connectivity index (χ1v) is 17.4. The van der Waals surface area contributed by atoms with Gasteiger partial charge >= 0.3 is 234 Å². The van der Waals surface area contributed by atoms with Crippen LogP contribution in [-0.4, -0.2) is 14.7 Å². The number of benzene rings is 3. The van der Waals surface area contributed by atoms with Crippen LogP contribution in [0.15, 0.2) is 54.6 Å². The first-order chi connectivity index (χ1) is 17.4. The van der Waals surface area contributed by atoms with Crippen LogP contribution in [0.1, 0.15) is 152 Å². The maximum atomic E-state index is 2.44. The molecule has 0 aromatic heterocycles. The van der Waals surface area contributed by atoms with Crippen LogP contribution < -0.4 is 13.1 Å². The van der Waals surface area contributed by atoms with Gasteiger partial charge in [-0.05, 0) is 0 Å².